The van der Waals surface area contributed by atoms with Crippen LogP contribution in [0.25, 0.3) is 32.5 Å². The van der Waals surface area contributed by atoms with Crippen molar-refractivity contribution in [3.63, 3.8) is 0 Å². The maximum absolute atomic E-state index is 8.21. The second-order valence-electron chi connectivity index (χ2n) is 11.2. The maximum atomic E-state index is 8.21. The van der Waals surface area contributed by atoms with Gasteiger partial charge in [0.1, 0.15) is 18.2 Å². The molecule has 7 rings (SSSR count). The summed E-state index contributed by atoms with van der Waals surface area (Å²) < 4.78 is 1.77. The Kier molecular flexibility index (Phi) is 15.3. The van der Waals surface area contributed by atoms with E-state index in [2.05, 4.69) is 112 Å². The Morgan fingerprint density at radius 3 is 1.86 bits per heavy atom. The average molecular weight is 754 g/mol. The van der Waals surface area contributed by atoms with E-state index in [0.717, 1.165) is 45.0 Å². The number of H-pyrrole nitrogens is 4. The lowest BCUT2D eigenvalue weighted by Gasteiger charge is -1.97. The number of rotatable bonds is 7. The van der Waals surface area contributed by atoms with Crippen LogP contribution in [0.5, 0.6) is 0 Å². The summed E-state index contributed by atoms with van der Waals surface area (Å²) in [5.41, 5.74) is 30.5. The van der Waals surface area contributed by atoms with E-state index in [4.69, 9.17) is 23.4 Å². The lowest BCUT2D eigenvalue weighted by Crippen LogP contribution is -2.02. The van der Waals surface area contributed by atoms with Crippen molar-refractivity contribution in [3.8, 4) is 12.3 Å². The van der Waals surface area contributed by atoms with Gasteiger partial charge in [0.15, 0.2) is 11.9 Å². The number of imidazole rings is 4. The number of azide groups is 1. The lowest BCUT2D eigenvalue weighted by atomic mass is 10.1. The van der Waals surface area contributed by atoms with Crippen molar-refractivity contribution in [1.29, 1.82) is 0 Å². The molecule has 7 aromatic rings. The Hall–Kier alpha value is -5.72. The molecule has 0 bridgehead atoms. The van der Waals surface area contributed by atoms with Gasteiger partial charge >= 0.3 is 0 Å². The summed E-state index contributed by atoms with van der Waals surface area (Å²) in [6.07, 6.45) is 11.4. The van der Waals surface area contributed by atoms with Gasteiger partial charge in [0.2, 0.25) is 0 Å². The highest BCUT2D eigenvalue weighted by Gasteiger charge is 2.09. The second-order valence-corrected chi connectivity index (χ2v) is 11.2. The summed E-state index contributed by atoms with van der Waals surface area (Å²) in [4.78, 5) is 31.7. The molecular formula is C32H39Cl3N16. The number of terminal acetylenes is 1. The zero-order valence-electron chi connectivity index (χ0n) is 28.3. The van der Waals surface area contributed by atoms with E-state index in [9.17, 15) is 0 Å². The average Bonchev–Trinajstić information content (AvgIpc) is 3.88. The molecule has 0 atom stereocenters. The van der Waals surface area contributed by atoms with Gasteiger partial charge < -0.3 is 31.4 Å². The summed E-state index contributed by atoms with van der Waals surface area (Å²) in [6, 6.07) is 8.30. The van der Waals surface area contributed by atoms with Gasteiger partial charge in [0, 0.05) is 28.9 Å². The molecule has 5 heterocycles. The van der Waals surface area contributed by atoms with Gasteiger partial charge in [-0.1, -0.05) is 10.3 Å². The van der Waals surface area contributed by atoms with E-state index >= 15 is 0 Å². The molecule has 0 spiro atoms. The van der Waals surface area contributed by atoms with Crippen LogP contribution in [0.2, 0.25) is 0 Å². The first kappa shape index (κ1) is 41.5. The molecule has 0 unspecified atom stereocenters. The Balaban J connectivity index is 0.000000288. The smallest absolute Gasteiger partial charge is 0.197 e. The topological polar surface area (TPSA) is 246 Å². The third kappa shape index (κ3) is 11.1. The first-order valence-electron chi connectivity index (χ1n) is 14.9. The predicted octanol–water partition coefficient (Wildman–Crippen LogP) is 6.14. The fraction of sp³-hybridized carbons (Fsp3) is 0.250. The fourth-order valence-electron chi connectivity index (χ4n) is 4.78. The Morgan fingerprint density at radius 1 is 0.804 bits per heavy atom. The van der Waals surface area contributed by atoms with Crippen LogP contribution < -0.4 is 11.5 Å². The van der Waals surface area contributed by atoms with E-state index in [1.807, 2.05) is 12.3 Å². The molecule has 0 saturated carbocycles. The van der Waals surface area contributed by atoms with Crippen molar-refractivity contribution in [2.45, 2.75) is 53.6 Å². The molecule has 51 heavy (non-hydrogen) atoms. The fourth-order valence-corrected chi connectivity index (χ4v) is 4.78. The largest absolute Gasteiger partial charge is 0.369 e. The molecule has 268 valence electrons. The number of aryl methyl sites for hydroxylation is 4. The Bertz CT molecular complexity index is 2180. The molecule has 0 aliphatic rings. The van der Waals surface area contributed by atoms with Gasteiger partial charge in [-0.05, 0) is 79.7 Å². The minimum atomic E-state index is 0. The summed E-state index contributed by atoms with van der Waals surface area (Å²) >= 11 is 0. The van der Waals surface area contributed by atoms with E-state index < -0.39 is 0 Å². The van der Waals surface area contributed by atoms with Gasteiger partial charge in [-0.2, -0.15) is 0 Å². The molecule has 8 N–H and O–H groups in total. The summed E-state index contributed by atoms with van der Waals surface area (Å²) in [5.74, 6) is 4.86. The van der Waals surface area contributed by atoms with Crippen LogP contribution >= 0.6 is 37.2 Å². The van der Waals surface area contributed by atoms with Crippen LogP contribution in [-0.2, 0) is 25.9 Å². The highest BCUT2D eigenvalue weighted by molar-refractivity contribution is 5.86. The number of halogens is 3. The number of nitrogens with two attached hydrogens (primary N) is 2. The molecule has 16 nitrogen and oxygen atoms in total. The number of hydrogen-bond acceptors (Lipinski definition) is 9. The first-order valence-corrected chi connectivity index (χ1v) is 14.9. The van der Waals surface area contributed by atoms with Gasteiger partial charge in [-0.25, -0.2) is 24.6 Å². The maximum Gasteiger partial charge on any atom is 0.197 e. The summed E-state index contributed by atoms with van der Waals surface area (Å²) in [7, 11) is 0. The van der Waals surface area contributed by atoms with E-state index in [0.29, 0.717) is 37.1 Å². The van der Waals surface area contributed by atoms with Crippen molar-refractivity contribution >= 4 is 71.2 Å². The zero-order valence-corrected chi connectivity index (χ0v) is 30.7. The number of anilines is 2. The standard InChI is InChI=1S/C16H18N8.C10H11N5.C6H7N3.3ClH/c1-9-3-13-14(4-10(9)2)21-15(20-13)8-24-7-12(22-23-24)5-11-6-18-16(17)19-11;1-6-3-8-9(4-7(6)2)14-10(13-8)5-12-15-11;1-2-3-5-4-8-6(7)9-5;;;/h3-4,6-7H,5,8H2,1-2H3,(H,20,21)(H3,17,18,19);3-4H,5H2,1-2H3,(H,13,14);1,4H,3H2,(H3,7,8,9);3*1H. The SMILES string of the molecule is C#CCc1cnc(N)[nH]1.Cc1cc2nc(CN=[N+]=[N-])[nH]c2cc1C.Cc1cc2nc(Cn3cc(Cc4cnc(N)[nH]4)nn3)[nH]c2cc1C.Cl.Cl.Cl. The van der Waals surface area contributed by atoms with Gasteiger partial charge in [-0.15, -0.1) is 54.7 Å². The highest BCUT2D eigenvalue weighted by atomic mass is 35.5. The van der Waals surface area contributed by atoms with Crippen molar-refractivity contribution in [1.82, 2.24) is 54.9 Å². The van der Waals surface area contributed by atoms with Crippen molar-refractivity contribution in [2.24, 2.45) is 5.11 Å². The van der Waals surface area contributed by atoms with Crippen LogP contribution in [0, 0.1) is 40.0 Å². The van der Waals surface area contributed by atoms with Crippen LogP contribution in [0.3, 0.4) is 0 Å². The van der Waals surface area contributed by atoms with E-state index in [-0.39, 0.29) is 43.8 Å². The molecule has 0 saturated heterocycles. The molecule has 0 fully saturated rings. The number of aromatic amines is 4. The summed E-state index contributed by atoms with van der Waals surface area (Å²) in [5, 5.41) is 11.8. The number of hydrogen-bond donors (Lipinski definition) is 6. The Morgan fingerprint density at radius 2 is 1.33 bits per heavy atom. The molecule has 5 aromatic heterocycles. The van der Waals surface area contributed by atoms with E-state index in [1.165, 1.54) is 22.3 Å². The third-order valence-electron chi connectivity index (χ3n) is 7.43. The number of nitrogen functional groups attached to an aromatic ring is 2. The Labute approximate surface area is 311 Å². The normalized spacial score (nSPS) is 9.94. The number of aromatic nitrogens is 11. The van der Waals surface area contributed by atoms with Gasteiger partial charge in [0.25, 0.3) is 0 Å². The monoisotopic (exact) mass is 752 g/mol. The van der Waals surface area contributed by atoms with Gasteiger partial charge in [0.05, 0.1) is 53.1 Å². The van der Waals surface area contributed by atoms with Crippen LogP contribution in [0.1, 0.15) is 51.0 Å². The van der Waals surface area contributed by atoms with Crippen LogP contribution in [-0.4, -0.2) is 54.9 Å². The zero-order chi connectivity index (χ0) is 34.2. The number of fused-ring (bicyclic) bond motifs is 2. The van der Waals surface area contributed by atoms with Crippen LogP contribution in [0.4, 0.5) is 11.9 Å². The second kappa shape index (κ2) is 18.9. The minimum absolute atomic E-state index is 0. The first-order chi connectivity index (χ1) is 23.1. The highest BCUT2D eigenvalue weighted by Crippen LogP contribution is 2.19. The predicted molar refractivity (Wildman–Crippen MR) is 206 cm³/mol. The number of benzene rings is 2. The van der Waals surface area contributed by atoms with Crippen molar-refractivity contribution in [3.05, 3.63) is 104 Å². The molecule has 0 radical (unpaired) electrons. The third-order valence-corrected chi connectivity index (χ3v) is 7.43. The van der Waals surface area contributed by atoms with Crippen molar-refractivity contribution in [2.75, 3.05) is 11.5 Å². The number of nitrogens with one attached hydrogen (secondary N) is 4. The van der Waals surface area contributed by atoms with E-state index in [1.54, 1.807) is 17.1 Å². The molecule has 0 aliphatic carbocycles. The molecule has 2 aromatic carbocycles. The van der Waals surface area contributed by atoms with Gasteiger partial charge in [-0.3, -0.25) is 0 Å². The summed E-state index contributed by atoms with van der Waals surface area (Å²) in [6.45, 7) is 9.11. The van der Waals surface area contributed by atoms with Crippen molar-refractivity contribution < 1.29 is 0 Å². The van der Waals surface area contributed by atoms with Crippen LogP contribution in [0.15, 0.2) is 48.0 Å². The molecule has 0 aliphatic heterocycles. The molecular weight excluding hydrogens is 715 g/mol. The molecule has 0 amide bonds. The minimum Gasteiger partial charge on any atom is -0.369 e. The lowest BCUT2D eigenvalue weighted by molar-refractivity contribution is 0.630. The number of nitrogens with zero attached hydrogens (tertiary/aromatic N) is 10. The quantitative estimate of drug-likeness (QED) is 0.0476. The molecule has 19 heteroatoms.